The van der Waals surface area contributed by atoms with Gasteiger partial charge in [-0.25, -0.2) is 4.98 Å². The lowest BCUT2D eigenvalue weighted by atomic mass is 9.83. The van der Waals surface area contributed by atoms with E-state index in [0.29, 0.717) is 39.4 Å². The van der Waals surface area contributed by atoms with E-state index in [-0.39, 0.29) is 11.2 Å². The van der Waals surface area contributed by atoms with Crippen LogP contribution in [0.2, 0.25) is 0 Å². The number of anilines is 1. The fourth-order valence-electron chi connectivity index (χ4n) is 4.97. The molecule has 0 amide bonds. The number of aromatic nitrogens is 5. The molecular weight excluding hydrogens is 504 g/mol. The molecule has 1 saturated carbocycles. The molecule has 4 heterocycles. The van der Waals surface area contributed by atoms with Crippen LogP contribution in [0.4, 0.5) is 5.95 Å². The van der Waals surface area contributed by atoms with Gasteiger partial charge in [-0.3, -0.25) is 23.8 Å². The van der Waals surface area contributed by atoms with Crippen LogP contribution in [0.1, 0.15) is 47.7 Å². The number of fused-ring (bicyclic) bond motifs is 1. The molecule has 0 bridgehead atoms. The number of hydrogen-bond donors (Lipinski definition) is 5. The van der Waals surface area contributed by atoms with Crippen LogP contribution in [-0.2, 0) is 5.60 Å². The predicted molar refractivity (Wildman–Crippen MR) is 146 cm³/mol. The van der Waals surface area contributed by atoms with Crippen molar-refractivity contribution in [3.63, 3.8) is 0 Å². The van der Waals surface area contributed by atoms with E-state index in [9.17, 15) is 14.2 Å². The van der Waals surface area contributed by atoms with E-state index in [2.05, 4.69) is 24.8 Å². The largest absolute Gasteiger partial charge is 0.373 e. The van der Waals surface area contributed by atoms with Gasteiger partial charge in [-0.05, 0) is 75.1 Å². The van der Waals surface area contributed by atoms with E-state index in [1.807, 2.05) is 26.0 Å². The number of nitrogens with one attached hydrogen (secondary N) is 2. The van der Waals surface area contributed by atoms with Gasteiger partial charge in [0.15, 0.2) is 5.60 Å². The van der Waals surface area contributed by atoms with Crippen molar-refractivity contribution in [2.24, 2.45) is 0 Å². The van der Waals surface area contributed by atoms with Crippen LogP contribution in [0.15, 0.2) is 65.4 Å². The van der Waals surface area contributed by atoms with Crippen molar-refractivity contribution in [1.29, 1.82) is 0 Å². The minimum absolute atomic E-state index is 0.202. The van der Waals surface area contributed by atoms with Gasteiger partial charge in [0.25, 0.3) is 0 Å². The highest BCUT2D eigenvalue weighted by Gasteiger charge is 2.40. The first kappa shape index (κ1) is 24.6. The topological polar surface area (TPSA) is 153 Å². The van der Waals surface area contributed by atoms with Crippen LogP contribution in [0, 0.1) is 13.8 Å². The molecule has 10 nitrogen and oxygen atoms in total. The van der Waals surface area contributed by atoms with Crippen LogP contribution >= 0.6 is 10.8 Å². The first-order valence-electron chi connectivity index (χ1n) is 12.3. The molecule has 1 aliphatic rings. The summed E-state index contributed by atoms with van der Waals surface area (Å²) in [5, 5.41) is 16.4. The molecule has 4 aromatic heterocycles. The van der Waals surface area contributed by atoms with E-state index in [4.69, 9.17) is 9.51 Å². The molecule has 0 atom stereocenters. The number of pyridine rings is 2. The summed E-state index contributed by atoms with van der Waals surface area (Å²) in [5.41, 5.74) is 2.63. The van der Waals surface area contributed by atoms with Crippen LogP contribution in [0.25, 0.3) is 22.2 Å². The van der Waals surface area contributed by atoms with Gasteiger partial charge in [0, 0.05) is 23.5 Å². The number of nitrogens with zero attached hydrogens (tertiary/aromatic N) is 4. The first-order valence-corrected chi connectivity index (χ1v) is 14.0. The van der Waals surface area contributed by atoms with Crippen LogP contribution in [0.5, 0.6) is 0 Å². The maximum atomic E-state index is 12.5. The summed E-state index contributed by atoms with van der Waals surface area (Å²) in [6.07, 6.45) is 5.69. The summed E-state index contributed by atoms with van der Waals surface area (Å²) in [4.78, 5) is 16.9. The van der Waals surface area contributed by atoms with Gasteiger partial charge in [-0.2, -0.15) is 0 Å². The van der Waals surface area contributed by atoms with E-state index in [0.717, 1.165) is 30.4 Å². The maximum Gasteiger partial charge on any atom is 0.219 e. The van der Waals surface area contributed by atoms with Crippen LogP contribution < -0.4 is 4.72 Å². The molecule has 38 heavy (non-hydrogen) atoms. The zero-order chi connectivity index (χ0) is 26.5. The number of imidazole rings is 1. The summed E-state index contributed by atoms with van der Waals surface area (Å²) < 4.78 is 29.8. The minimum Gasteiger partial charge on any atom is -0.373 e. The van der Waals surface area contributed by atoms with Crippen molar-refractivity contribution in [1.82, 2.24) is 25.1 Å². The Morgan fingerprint density at radius 1 is 1.03 bits per heavy atom. The van der Waals surface area contributed by atoms with Gasteiger partial charge in [-0.1, -0.05) is 17.3 Å². The first-order chi connectivity index (χ1) is 18.3. The number of benzene rings is 1. The third-order valence-corrected chi connectivity index (χ3v) is 9.03. The number of H-pyrrole nitrogens is 1. The Kier molecular flexibility index (Phi) is 5.95. The fourth-order valence-corrected chi connectivity index (χ4v) is 6.51. The number of rotatable bonds is 7. The van der Waals surface area contributed by atoms with E-state index < -0.39 is 16.4 Å². The normalized spacial score (nSPS) is 15.0. The maximum absolute atomic E-state index is 12.5. The zero-order valence-electron chi connectivity index (χ0n) is 20.9. The standard InChI is InChI=1S/C27H28N6O4S/c1-16-24(17(2)37-32-16)18-14-20(27(34,22-10-3-5-12-28-22)23-11-4-6-13-29-23)25-21(15-18)30-26(31-25)33-38(35,36)19-8-7-9-19/h3-6,10-15,19,34-36H,7-9H2,1-2H3,(H2,30,31,33). The Balaban J connectivity index is 1.61. The van der Waals surface area contributed by atoms with Gasteiger partial charge >= 0.3 is 0 Å². The highest BCUT2D eigenvalue weighted by molar-refractivity contribution is 8.25. The molecule has 0 saturated heterocycles. The van der Waals surface area contributed by atoms with E-state index >= 15 is 0 Å². The monoisotopic (exact) mass is 532 g/mol. The summed E-state index contributed by atoms with van der Waals surface area (Å²) in [6, 6.07) is 14.4. The molecule has 0 aliphatic heterocycles. The lowest BCUT2D eigenvalue weighted by molar-refractivity contribution is 0.117. The van der Waals surface area contributed by atoms with E-state index in [1.54, 1.807) is 48.8 Å². The molecule has 1 aliphatic carbocycles. The highest BCUT2D eigenvalue weighted by Crippen LogP contribution is 2.52. The van der Waals surface area contributed by atoms with Gasteiger partial charge in [0.1, 0.15) is 5.76 Å². The summed E-state index contributed by atoms with van der Waals surface area (Å²) >= 11 is 0. The highest BCUT2D eigenvalue weighted by atomic mass is 32.3. The molecule has 0 radical (unpaired) electrons. The number of aryl methyl sites for hydroxylation is 2. The Labute approximate surface area is 220 Å². The smallest absolute Gasteiger partial charge is 0.219 e. The number of hydrogen-bond acceptors (Lipinski definition) is 9. The Hall–Kier alpha value is -3.77. The molecule has 196 valence electrons. The van der Waals surface area contributed by atoms with Crippen molar-refractivity contribution in [2.75, 3.05) is 4.72 Å². The second-order valence-corrected chi connectivity index (χ2v) is 11.6. The molecule has 5 aromatic rings. The summed E-state index contributed by atoms with van der Waals surface area (Å²) in [5.74, 6) is 0.831. The number of aromatic amines is 1. The summed E-state index contributed by atoms with van der Waals surface area (Å²) in [7, 11) is -3.10. The Morgan fingerprint density at radius 2 is 1.71 bits per heavy atom. The van der Waals surface area contributed by atoms with Gasteiger partial charge in [0.2, 0.25) is 5.95 Å². The molecule has 1 fully saturated rings. The van der Waals surface area contributed by atoms with E-state index in [1.165, 1.54) is 0 Å². The van der Waals surface area contributed by atoms with Crippen molar-refractivity contribution in [3.8, 4) is 11.1 Å². The Morgan fingerprint density at radius 3 is 2.24 bits per heavy atom. The Bertz CT molecular complexity index is 1540. The van der Waals surface area contributed by atoms with Gasteiger partial charge in [-0.15, -0.1) is 10.8 Å². The molecule has 0 spiro atoms. The van der Waals surface area contributed by atoms with Crippen molar-refractivity contribution in [2.45, 2.75) is 44.0 Å². The van der Waals surface area contributed by atoms with Crippen LogP contribution in [0.3, 0.4) is 0 Å². The minimum atomic E-state index is -3.10. The predicted octanol–water partition coefficient (Wildman–Crippen LogP) is 5.54. The molecule has 11 heteroatoms. The quantitative estimate of drug-likeness (QED) is 0.182. The SMILES string of the molecule is Cc1noc(C)c1-c1cc(C(O)(c2ccccn2)c2ccccn2)c2nc(NS(O)(O)C3CCC3)[nH]c2c1. The average Bonchev–Trinajstić information content (AvgIpc) is 3.43. The third kappa shape index (κ3) is 4.04. The van der Waals surface area contributed by atoms with Crippen molar-refractivity contribution >= 4 is 27.8 Å². The average molecular weight is 533 g/mol. The van der Waals surface area contributed by atoms with Crippen LogP contribution in [-0.4, -0.2) is 44.6 Å². The van der Waals surface area contributed by atoms with Gasteiger partial charge < -0.3 is 14.6 Å². The summed E-state index contributed by atoms with van der Waals surface area (Å²) in [6.45, 7) is 3.68. The molecule has 5 N–H and O–H groups in total. The molecule has 1 aromatic carbocycles. The second kappa shape index (κ2) is 9.21. The molecule has 6 rings (SSSR count). The number of aliphatic hydroxyl groups is 1. The lowest BCUT2D eigenvalue weighted by Crippen LogP contribution is -2.31. The second-order valence-electron chi connectivity index (χ2n) is 9.59. The molecule has 0 unspecified atom stereocenters. The van der Waals surface area contributed by atoms with Crippen molar-refractivity contribution < 1.29 is 18.7 Å². The third-order valence-electron chi connectivity index (χ3n) is 7.13. The van der Waals surface area contributed by atoms with Gasteiger partial charge in [0.05, 0.1) is 33.4 Å². The molecular formula is C27H28N6O4S. The fraction of sp³-hybridized carbons (Fsp3) is 0.259. The zero-order valence-corrected chi connectivity index (χ0v) is 21.7. The lowest BCUT2D eigenvalue weighted by Gasteiger charge is -2.44. The van der Waals surface area contributed by atoms with Crippen molar-refractivity contribution in [3.05, 3.63) is 89.3 Å².